The summed E-state index contributed by atoms with van der Waals surface area (Å²) in [5.74, 6) is -4.21. The summed E-state index contributed by atoms with van der Waals surface area (Å²) >= 11 is 0. The van der Waals surface area contributed by atoms with Crippen molar-refractivity contribution in [1.82, 2.24) is 10.6 Å². The Morgan fingerprint density at radius 2 is 0.854 bits per heavy atom. The van der Waals surface area contributed by atoms with E-state index >= 15 is 0 Å². The zero-order chi connectivity index (χ0) is 31.1. The van der Waals surface area contributed by atoms with Crippen LogP contribution in [0.1, 0.15) is 107 Å². The van der Waals surface area contributed by atoms with Crippen LogP contribution in [0.4, 0.5) is 0 Å². The van der Waals surface area contributed by atoms with Gasteiger partial charge in [-0.2, -0.15) is 0 Å². The van der Waals surface area contributed by atoms with Crippen LogP contribution in [0.25, 0.3) is 0 Å². The van der Waals surface area contributed by atoms with Gasteiger partial charge in [0.05, 0.1) is 12.2 Å². The largest absolute Gasteiger partial charge is 0.481 e. The van der Waals surface area contributed by atoms with E-state index in [0.717, 1.165) is 0 Å². The maximum absolute atomic E-state index is 11.2. The molecule has 0 aliphatic carbocycles. The van der Waals surface area contributed by atoms with Gasteiger partial charge in [-0.25, -0.2) is 9.59 Å². The maximum Gasteiger partial charge on any atom is 0.332 e. The van der Waals surface area contributed by atoms with E-state index in [9.17, 15) is 19.2 Å². The molecule has 0 aromatic heterocycles. The predicted molar refractivity (Wildman–Crippen MR) is 153 cm³/mol. The highest BCUT2D eigenvalue weighted by molar-refractivity contribution is 5.76. The Labute approximate surface area is 259 Å². The van der Waals surface area contributed by atoms with Crippen LogP contribution in [0, 0.1) is 0 Å². The Morgan fingerprint density at radius 1 is 0.610 bits per heavy atom. The number of piperidine rings is 2. The molecule has 2 aliphatic rings. The summed E-state index contributed by atoms with van der Waals surface area (Å²) in [6, 6.07) is 0. The van der Waals surface area contributed by atoms with Crippen LogP contribution in [0.2, 0.25) is 0 Å². The quantitative estimate of drug-likeness (QED) is 0.180. The van der Waals surface area contributed by atoms with Gasteiger partial charge in [-0.3, -0.25) is 9.59 Å². The molecule has 2 heterocycles. The summed E-state index contributed by atoms with van der Waals surface area (Å²) in [5, 5.41) is 42.6. The van der Waals surface area contributed by atoms with Crippen LogP contribution in [-0.2, 0) is 28.7 Å². The number of hydrogen-bond donors (Lipinski definition) is 6. The molecule has 0 saturated carbocycles. The third-order valence-corrected chi connectivity index (χ3v) is 6.81. The highest BCUT2D eigenvalue weighted by atomic mass is 24.3. The van der Waals surface area contributed by atoms with Crippen LogP contribution in [0.15, 0.2) is 0 Å². The smallest absolute Gasteiger partial charge is 0.332 e. The molecule has 0 amide bonds. The molecule has 2 fully saturated rings. The monoisotopic (exact) mass is 598 g/mol. The number of ether oxygens (including phenoxy) is 2. The summed E-state index contributed by atoms with van der Waals surface area (Å²) < 4.78 is 11.3. The second-order valence-electron chi connectivity index (χ2n) is 13.6. The van der Waals surface area contributed by atoms with Crippen LogP contribution in [0.5, 0.6) is 0 Å². The minimum absolute atomic E-state index is 0. The summed E-state index contributed by atoms with van der Waals surface area (Å²) in [6.45, 7) is 16.4. The number of rotatable bonds is 12. The maximum atomic E-state index is 11.2. The lowest BCUT2D eigenvalue weighted by Crippen LogP contribution is -2.60. The molecule has 0 aromatic carbocycles. The fraction of sp³-hybridized carbons (Fsp3) is 0.857. The van der Waals surface area contributed by atoms with Crippen molar-refractivity contribution in [2.75, 3.05) is 0 Å². The van der Waals surface area contributed by atoms with Gasteiger partial charge in [-0.1, -0.05) is 0 Å². The van der Waals surface area contributed by atoms with Crippen LogP contribution >= 0.6 is 0 Å². The van der Waals surface area contributed by atoms with Crippen molar-refractivity contribution in [3.05, 3.63) is 0 Å². The molecule has 6 N–H and O–H groups in total. The lowest BCUT2D eigenvalue weighted by molar-refractivity contribution is -0.160. The first-order valence-electron chi connectivity index (χ1n) is 13.8. The van der Waals surface area contributed by atoms with Crippen LogP contribution in [0.3, 0.4) is 0 Å². The van der Waals surface area contributed by atoms with Gasteiger partial charge in [0, 0.05) is 58.1 Å². The molecule has 2 aliphatic heterocycles. The molecule has 12 nitrogen and oxygen atoms in total. The van der Waals surface area contributed by atoms with E-state index in [1.807, 2.05) is 0 Å². The molecule has 2 saturated heterocycles. The lowest BCUT2D eigenvalue weighted by atomic mass is 9.81. The zero-order valence-corrected chi connectivity index (χ0v) is 27.3. The van der Waals surface area contributed by atoms with Gasteiger partial charge in [0.2, 0.25) is 0 Å². The van der Waals surface area contributed by atoms with Crippen molar-refractivity contribution >= 4 is 46.9 Å². The Hall–Kier alpha value is -1.51. The normalized spacial score (nSPS) is 22.6. The number of hydrogen-bond acceptors (Lipinski definition) is 8. The molecular formula is C28H50MgN2O10. The number of nitrogens with one attached hydrogen (secondary N) is 2. The zero-order valence-electron chi connectivity index (χ0n) is 25.9. The van der Waals surface area contributed by atoms with E-state index in [2.05, 4.69) is 66.0 Å². The van der Waals surface area contributed by atoms with E-state index in [1.54, 1.807) is 0 Å². The number of carbonyl (C=O) groups is 4. The van der Waals surface area contributed by atoms with E-state index < -0.39 is 36.1 Å². The van der Waals surface area contributed by atoms with E-state index in [4.69, 9.17) is 29.9 Å². The van der Waals surface area contributed by atoms with Crippen molar-refractivity contribution in [2.24, 2.45) is 0 Å². The number of aliphatic carboxylic acids is 4. The fourth-order valence-electron chi connectivity index (χ4n) is 6.12. The number of carboxylic acid groups (broad SMARTS) is 4. The molecule has 13 heteroatoms. The van der Waals surface area contributed by atoms with Crippen molar-refractivity contribution in [3.63, 3.8) is 0 Å². The number of carboxylic acids is 4. The molecule has 0 bridgehead atoms. The van der Waals surface area contributed by atoms with E-state index in [1.165, 1.54) is 0 Å². The second kappa shape index (κ2) is 15.8. The third kappa shape index (κ3) is 16.1. The molecule has 234 valence electrons. The first kappa shape index (κ1) is 39.5. The average molecular weight is 599 g/mol. The van der Waals surface area contributed by atoms with Gasteiger partial charge >= 0.3 is 23.9 Å². The molecule has 2 unspecified atom stereocenters. The Kier molecular flexibility index (Phi) is 15.2. The molecule has 2 atom stereocenters. The fourth-order valence-corrected chi connectivity index (χ4v) is 6.12. The van der Waals surface area contributed by atoms with Crippen LogP contribution < -0.4 is 10.6 Å². The Morgan fingerprint density at radius 3 is 1.05 bits per heavy atom. The van der Waals surface area contributed by atoms with Gasteiger partial charge in [-0.05, 0) is 93.9 Å². The van der Waals surface area contributed by atoms with Gasteiger partial charge < -0.3 is 40.5 Å². The molecule has 0 spiro atoms. The van der Waals surface area contributed by atoms with Crippen LogP contribution in [-0.4, -0.2) is 114 Å². The molecule has 2 rings (SSSR count). The second-order valence-corrected chi connectivity index (χ2v) is 13.6. The van der Waals surface area contributed by atoms with E-state index in [-0.39, 0.29) is 83.1 Å². The highest BCUT2D eigenvalue weighted by Gasteiger charge is 2.41. The molecule has 2 radical (unpaired) electrons. The van der Waals surface area contributed by atoms with E-state index in [0.29, 0.717) is 25.7 Å². The summed E-state index contributed by atoms with van der Waals surface area (Å²) in [5.41, 5.74) is -0.547. The lowest BCUT2D eigenvalue weighted by Gasteiger charge is -2.46. The van der Waals surface area contributed by atoms with Crippen molar-refractivity contribution in [3.8, 4) is 0 Å². The van der Waals surface area contributed by atoms with Crippen molar-refractivity contribution in [2.45, 2.75) is 153 Å². The summed E-state index contributed by atoms with van der Waals surface area (Å²) in [4.78, 5) is 43.5. The average Bonchev–Trinajstić information content (AvgIpc) is 2.69. The van der Waals surface area contributed by atoms with Gasteiger partial charge in [0.15, 0.2) is 12.2 Å². The minimum atomic E-state index is -1.10. The third-order valence-electron chi connectivity index (χ3n) is 6.81. The summed E-state index contributed by atoms with van der Waals surface area (Å²) in [7, 11) is 0. The van der Waals surface area contributed by atoms with Crippen molar-refractivity contribution in [1.29, 1.82) is 0 Å². The summed E-state index contributed by atoms with van der Waals surface area (Å²) in [6.07, 6.45) is -0.0796. The highest BCUT2D eigenvalue weighted by Crippen LogP contribution is 2.32. The predicted octanol–water partition coefficient (Wildman–Crippen LogP) is 2.88. The first-order chi connectivity index (χ1) is 18.0. The standard InChI is InChI=1S/2C14H25NO5.Mg/c2*1-13(2)7-9(8-14(3,4)15-13)20-10(12(18)19)5-6-11(16)17;/h2*9-10,15H,5-8H2,1-4H3,(H,16,17)(H,18,19);. The van der Waals surface area contributed by atoms with Gasteiger partial charge in [0.1, 0.15) is 0 Å². The van der Waals surface area contributed by atoms with Gasteiger partial charge in [-0.15, -0.1) is 0 Å². The van der Waals surface area contributed by atoms with Crippen molar-refractivity contribution < 1.29 is 49.1 Å². The van der Waals surface area contributed by atoms with Gasteiger partial charge in [0.25, 0.3) is 0 Å². The first-order valence-corrected chi connectivity index (χ1v) is 13.8. The Bertz CT molecular complexity index is 802. The molecular weight excluding hydrogens is 549 g/mol. The topological polar surface area (TPSA) is 192 Å². The molecule has 0 aromatic rings. The minimum Gasteiger partial charge on any atom is -0.481 e. The Balaban J connectivity index is 0.000000762. The molecule has 41 heavy (non-hydrogen) atoms. The SMILES string of the molecule is CC1(C)CC(OC(CCC(=O)O)C(=O)O)CC(C)(C)N1.CC1(C)CC(OC(CCC(=O)O)C(=O)O)CC(C)(C)N1.[Mg].